The minimum Gasteiger partial charge on any atom is -0.444 e. The second-order valence-electron chi connectivity index (χ2n) is 7.41. The Balaban J connectivity index is 1.90. The zero-order valence-corrected chi connectivity index (χ0v) is 16.6. The van der Waals surface area contributed by atoms with Crippen molar-refractivity contribution in [1.29, 1.82) is 0 Å². The van der Waals surface area contributed by atoms with E-state index >= 15 is 0 Å². The van der Waals surface area contributed by atoms with Crippen molar-refractivity contribution in [2.45, 2.75) is 40.3 Å². The van der Waals surface area contributed by atoms with Crippen molar-refractivity contribution in [3.05, 3.63) is 41.8 Å². The molecule has 2 aromatic rings. The van der Waals surface area contributed by atoms with Crippen LogP contribution in [0.15, 0.2) is 39.9 Å². The van der Waals surface area contributed by atoms with Gasteiger partial charge in [0.15, 0.2) is 5.96 Å². The second kappa shape index (κ2) is 8.85. The first-order chi connectivity index (χ1) is 12.3. The van der Waals surface area contributed by atoms with Crippen LogP contribution >= 0.6 is 0 Å². The van der Waals surface area contributed by atoms with Gasteiger partial charge in [0.25, 0.3) is 0 Å². The predicted octanol–water partition coefficient (Wildman–Crippen LogP) is 3.38. The summed E-state index contributed by atoms with van der Waals surface area (Å²) < 4.78 is 11.1. The highest BCUT2D eigenvalue weighted by Crippen LogP contribution is 2.21. The Bertz CT molecular complexity index is 714. The zero-order valence-electron chi connectivity index (χ0n) is 16.6. The molecule has 0 amide bonds. The number of hydrogen-bond acceptors (Lipinski definition) is 4. The molecule has 0 aliphatic rings. The van der Waals surface area contributed by atoms with Crippen molar-refractivity contribution in [1.82, 2.24) is 15.6 Å². The van der Waals surface area contributed by atoms with E-state index in [1.54, 1.807) is 20.4 Å². The molecule has 0 aliphatic heterocycles. The molecule has 1 unspecified atom stereocenters. The molecule has 2 rings (SSSR count). The van der Waals surface area contributed by atoms with Crippen molar-refractivity contribution in [3.8, 4) is 11.5 Å². The summed E-state index contributed by atoms with van der Waals surface area (Å²) in [6, 6.07) is 8.11. The third-order valence-corrected chi connectivity index (χ3v) is 4.22. The van der Waals surface area contributed by atoms with Gasteiger partial charge in [0, 0.05) is 26.3 Å². The Morgan fingerprint density at radius 3 is 2.50 bits per heavy atom. The summed E-state index contributed by atoms with van der Waals surface area (Å²) in [5, 5.41) is 6.55. The summed E-state index contributed by atoms with van der Waals surface area (Å²) in [6.45, 7) is 9.72. The fraction of sp³-hybridized carbons (Fsp3) is 0.500. The molecule has 1 atom stereocenters. The van der Waals surface area contributed by atoms with Crippen molar-refractivity contribution in [2.75, 3.05) is 20.7 Å². The number of hydrogen-bond donors (Lipinski definition) is 2. The van der Waals surface area contributed by atoms with E-state index in [0.29, 0.717) is 24.9 Å². The third-order valence-electron chi connectivity index (χ3n) is 4.22. The highest BCUT2D eigenvalue weighted by Gasteiger charge is 2.24. The largest absolute Gasteiger partial charge is 0.444 e. The van der Waals surface area contributed by atoms with E-state index in [1.165, 1.54) is 5.56 Å². The zero-order chi connectivity index (χ0) is 19.2. The molecule has 142 valence electrons. The summed E-state index contributed by atoms with van der Waals surface area (Å²) in [6.07, 6.45) is 1.75. The summed E-state index contributed by atoms with van der Waals surface area (Å²) in [5.74, 6) is 1.33. The molecule has 6 nitrogen and oxygen atoms in total. The van der Waals surface area contributed by atoms with Crippen molar-refractivity contribution in [2.24, 2.45) is 10.4 Å². The molecule has 26 heavy (non-hydrogen) atoms. The van der Waals surface area contributed by atoms with Gasteiger partial charge in [-0.05, 0) is 24.5 Å². The number of oxazole rings is 1. The Hall–Kier alpha value is -2.34. The average Bonchev–Trinajstić information content (AvgIpc) is 3.06. The molecule has 0 aliphatic carbocycles. The third kappa shape index (κ3) is 5.59. The van der Waals surface area contributed by atoms with Crippen molar-refractivity contribution in [3.63, 3.8) is 0 Å². The molecule has 2 N–H and O–H groups in total. The minimum atomic E-state index is 0.0512. The highest BCUT2D eigenvalue weighted by atomic mass is 16.5. The van der Waals surface area contributed by atoms with Gasteiger partial charge in [-0.15, -0.1) is 0 Å². The van der Waals surface area contributed by atoms with E-state index in [9.17, 15) is 0 Å². The Labute approximate surface area is 156 Å². The number of aryl methyl sites for hydroxylation is 1. The van der Waals surface area contributed by atoms with Crippen molar-refractivity contribution < 1.29 is 9.15 Å². The Morgan fingerprint density at radius 1 is 1.23 bits per heavy atom. The highest BCUT2D eigenvalue weighted by molar-refractivity contribution is 5.79. The SMILES string of the molecule is CN=C(NCc1coc(-c2ccc(C)cc2)n1)NCC(OC)C(C)(C)C. The van der Waals surface area contributed by atoms with Gasteiger partial charge in [0.2, 0.25) is 5.89 Å². The first-order valence-electron chi connectivity index (χ1n) is 8.82. The number of nitrogens with one attached hydrogen (secondary N) is 2. The molecular weight excluding hydrogens is 328 g/mol. The number of aliphatic imine (C=N–C) groups is 1. The Kier molecular flexibility index (Phi) is 6.80. The maximum Gasteiger partial charge on any atom is 0.226 e. The van der Waals surface area contributed by atoms with Crippen LogP contribution in [0.3, 0.4) is 0 Å². The summed E-state index contributed by atoms with van der Waals surface area (Å²) in [5.41, 5.74) is 3.05. The lowest BCUT2D eigenvalue weighted by molar-refractivity contribution is 0.0205. The van der Waals surface area contributed by atoms with E-state index < -0.39 is 0 Å². The van der Waals surface area contributed by atoms with Gasteiger partial charge < -0.3 is 19.8 Å². The topological polar surface area (TPSA) is 71.7 Å². The van der Waals surface area contributed by atoms with Crippen molar-refractivity contribution >= 4 is 5.96 Å². The van der Waals surface area contributed by atoms with Crippen LogP contribution in [-0.4, -0.2) is 37.7 Å². The number of guanidine groups is 1. The van der Waals surface area contributed by atoms with Crippen LogP contribution in [0.4, 0.5) is 0 Å². The number of ether oxygens (including phenoxy) is 1. The first kappa shape index (κ1) is 20.0. The number of nitrogens with zero attached hydrogens (tertiary/aromatic N) is 2. The smallest absolute Gasteiger partial charge is 0.226 e. The van der Waals surface area contributed by atoms with E-state index in [-0.39, 0.29) is 11.5 Å². The minimum absolute atomic E-state index is 0.0512. The van der Waals surface area contributed by atoms with Gasteiger partial charge in [-0.3, -0.25) is 4.99 Å². The molecule has 1 aromatic heterocycles. The van der Waals surface area contributed by atoms with E-state index in [4.69, 9.17) is 9.15 Å². The van der Waals surface area contributed by atoms with Gasteiger partial charge in [-0.1, -0.05) is 38.5 Å². The first-order valence-corrected chi connectivity index (χ1v) is 8.82. The molecule has 0 fully saturated rings. The van der Waals surface area contributed by atoms with Crippen LogP contribution < -0.4 is 10.6 Å². The standard InChI is InChI=1S/C20H30N4O2/c1-14-7-9-15(10-8-14)18-24-16(13-26-18)11-22-19(21-5)23-12-17(25-6)20(2,3)4/h7-10,13,17H,11-12H2,1-6H3,(H2,21,22,23). The fourth-order valence-electron chi connectivity index (χ4n) is 2.54. The summed E-state index contributed by atoms with van der Waals surface area (Å²) in [7, 11) is 3.48. The van der Waals surface area contributed by atoms with E-state index in [2.05, 4.69) is 48.3 Å². The lowest BCUT2D eigenvalue weighted by Gasteiger charge is -2.30. The van der Waals surface area contributed by atoms with E-state index in [0.717, 1.165) is 11.3 Å². The van der Waals surface area contributed by atoms with Gasteiger partial charge in [0.05, 0.1) is 18.3 Å². The lowest BCUT2D eigenvalue weighted by Crippen LogP contribution is -2.45. The van der Waals surface area contributed by atoms with Gasteiger partial charge in [0.1, 0.15) is 6.26 Å². The molecule has 0 radical (unpaired) electrons. The molecular formula is C20H30N4O2. The number of rotatable bonds is 6. The lowest BCUT2D eigenvalue weighted by atomic mass is 9.89. The monoisotopic (exact) mass is 358 g/mol. The summed E-state index contributed by atoms with van der Waals surface area (Å²) >= 11 is 0. The van der Waals surface area contributed by atoms with Crippen LogP contribution in [0.2, 0.25) is 0 Å². The molecule has 0 saturated heterocycles. The maximum atomic E-state index is 5.59. The van der Waals surface area contributed by atoms with Crippen LogP contribution in [0, 0.1) is 12.3 Å². The molecule has 0 spiro atoms. The number of methoxy groups -OCH3 is 1. The van der Waals surface area contributed by atoms with Gasteiger partial charge >= 0.3 is 0 Å². The van der Waals surface area contributed by atoms with Crippen LogP contribution in [-0.2, 0) is 11.3 Å². The molecule has 0 saturated carbocycles. The number of aromatic nitrogens is 1. The Morgan fingerprint density at radius 2 is 1.92 bits per heavy atom. The second-order valence-corrected chi connectivity index (χ2v) is 7.41. The maximum absolute atomic E-state index is 5.59. The molecule has 1 heterocycles. The van der Waals surface area contributed by atoms with Gasteiger partial charge in [-0.2, -0.15) is 0 Å². The quantitative estimate of drug-likeness (QED) is 0.612. The molecule has 6 heteroatoms. The van der Waals surface area contributed by atoms with E-state index in [1.807, 2.05) is 24.3 Å². The molecule has 0 bridgehead atoms. The fourth-order valence-corrected chi connectivity index (χ4v) is 2.54. The average molecular weight is 358 g/mol. The van der Waals surface area contributed by atoms with Crippen LogP contribution in [0.5, 0.6) is 0 Å². The molecule has 1 aromatic carbocycles. The number of benzene rings is 1. The van der Waals surface area contributed by atoms with Crippen LogP contribution in [0.25, 0.3) is 11.5 Å². The normalized spacial score (nSPS) is 13.5. The predicted molar refractivity (Wildman–Crippen MR) is 105 cm³/mol. The summed E-state index contributed by atoms with van der Waals surface area (Å²) in [4.78, 5) is 8.78. The van der Waals surface area contributed by atoms with Crippen LogP contribution in [0.1, 0.15) is 32.0 Å². The van der Waals surface area contributed by atoms with Gasteiger partial charge in [-0.25, -0.2) is 4.98 Å².